The molecule has 0 saturated carbocycles. The van der Waals surface area contributed by atoms with Crippen molar-refractivity contribution in [1.29, 1.82) is 0 Å². The van der Waals surface area contributed by atoms with Crippen LogP contribution in [-0.4, -0.2) is 60.8 Å². The van der Waals surface area contributed by atoms with Gasteiger partial charge in [-0.3, -0.25) is 9.89 Å². The van der Waals surface area contributed by atoms with E-state index in [0.29, 0.717) is 5.69 Å². The highest BCUT2D eigenvalue weighted by molar-refractivity contribution is 5.65. The van der Waals surface area contributed by atoms with Crippen LogP contribution < -0.4 is 10.2 Å². The van der Waals surface area contributed by atoms with E-state index in [1.807, 2.05) is 12.1 Å². The Morgan fingerprint density at radius 2 is 1.84 bits per heavy atom. The van der Waals surface area contributed by atoms with Crippen LogP contribution in [0, 0.1) is 5.82 Å². The number of aromatic nitrogens is 2. The number of likely N-dealkylation sites (tertiary alicyclic amines) is 1. The van der Waals surface area contributed by atoms with Crippen LogP contribution >= 0.6 is 0 Å². The molecule has 2 fully saturated rings. The fourth-order valence-electron chi connectivity index (χ4n) is 3.10. The van der Waals surface area contributed by atoms with Crippen LogP contribution in [0.4, 0.5) is 10.1 Å². The molecule has 4 rings (SSSR count). The number of amides is 1. The molecule has 0 unspecified atom stereocenters. The van der Waals surface area contributed by atoms with Crippen molar-refractivity contribution >= 4 is 12.1 Å². The first-order valence-electron chi connectivity index (χ1n) is 8.71. The van der Waals surface area contributed by atoms with E-state index in [4.69, 9.17) is 0 Å². The van der Waals surface area contributed by atoms with Crippen LogP contribution in [-0.2, 0) is 4.79 Å². The molecule has 25 heavy (non-hydrogen) atoms. The Morgan fingerprint density at radius 1 is 1.08 bits per heavy atom. The second-order valence-corrected chi connectivity index (χ2v) is 6.24. The van der Waals surface area contributed by atoms with E-state index in [9.17, 15) is 9.18 Å². The summed E-state index contributed by atoms with van der Waals surface area (Å²) in [7, 11) is 0. The van der Waals surface area contributed by atoms with Crippen molar-refractivity contribution in [1.82, 2.24) is 20.4 Å². The Bertz CT molecular complexity index is 664. The van der Waals surface area contributed by atoms with Crippen LogP contribution in [0.5, 0.6) is 0 Å². The van der Waals surface area contributed by atoms with Crippen molar-refractivity contribution < 1.29 is 9.18 Å². The van der Waals surface area contributed by atoms with E-state index in [0.717, 1.165) is 56.8 Å². The molecule has 0 aliphatic carbocycles. The predicted molar refractivity (Wildman–Crippen MR) is 95.9 cm³/mol. The third-order valence-electron chi connectivity index (χ3n) is 4.53. The van der Waals surface area contributed by atoms with Crippen molar-refractivity contribution in [2.24, 2.45) is 0 Å². The zero-order valence-electron chi connectivity index (χ0n) is 14.2. The van der Waals surface area contributed by atoms with Crippen LogP contribution in [0.1, 0.15) is 12.8 Å². The minimum absolute atomic E-state index is 0.171. The van der Waals surface area contributed by atoms with Crippen LogP contribution in [0.3, 0.4) is 0 Å². The highest BCUT2D eigenvalue weighted by atomic mass is 19.1. The van der Waals surface area contributed by atoms with Gasteiger partial charge in [-0.2, -0.15) is 5.10 Å². The molecule has 2 saturated heterocycles. The number of anilines is 1. The number of H-pyrrole nitrogens is 1. The first-order valence-corrected chi connectivity index (χ1v) is 8.71. The topological polar surface area (TPSA) is 64.3 Å². The summed E-state index contributed by atoms with van der Waals surface area (Å²) in [4.78, 5) is 13.8. The van der Waals surface area contributed by atoms with Crippen LogP contribution in [0.15, 0.2) is 30.6 Å². The molecule has 0 spiro atoms. The minimum Gasteiger partial charge on any atom is -0.367 e. The molecule has 1 aromatic heterocycles. The van der Waals surface area contributed by atoms with E-state index in [-0.39, 0.29) is 5.82 Å². The molecule has 2 aromatic rings. The monoisotopic (exact) mass is 345 g/mol. The Kier molecular flexibility index (Phi) is 6.00. The van der Waals surface area contributed by atoms with Crippen molar-refractivity contribution in [3.05, 3.63) is 36.4 Å². The number of hydrogen-bond donors (Lipinski definition) is 2. The number of benzene rings is 1. The van der Waals surface area contributed by atoms with Crippen LogP contribution in [0.2, 0.25) is 0 Å². The molecule has 2 N–H and O–H groups in total. The average Bonchev–Trinajstić information content (AvgIpc) is 3.36. The molecule has 0 radical (unpaired) electrons. The Labute approximate surface area is 147 Å². The number of aromatic amines is 1. The molecule has 2 aliphatic rings. The zero-order chi connectivity index (χ0) is 17.5. The Balaban J connectivity index is 0.000000219. The molecular formula is C18H24FN5O. The molecule has 6 nitrogen and oxygen atoms in total. The van der Waals surface area contributed by atoms with Gasteiger partial charge >= 0.3 is 0 Å². The summed E-state index contributed by atoms with van der Waals surface area (Å²) < 4.78 is 14.1. The third kappa shape index (κ3) is 4.57. The van der Waals surface area contributed by atoms with Gasteiger partial charge in [0.15, 0.2) is 0 Å². The Hall–Kier alpha value is -2.41. The fraction of sp³-hybridized carbons (Fsp3) is 0.444. The van der Waals surface area contributed by atoms with E-state index in [2.05, 4.69) is 20.4 Å². The number of carbonyl (C=O) groups excluding carboxylic acids is 1. The van der Waals surface area contributed by atoms with Gasteiger partial charge in [0, 0.05) is 51.0 Å². The summed E-state index contributed by atoms with van der Waals surface area (Å²) in [5.41, 5.74) is 2.43. The standard InChI is InChI=1S/C13H15FN4.C5H9NO/c14-12-7-10(11-8-16-17-9-11)1-2-13(12)18-5-3-15-4-6-18;7-5-6-3-1-2-4-6/h1-2,7-9,15H,3-6H2,(H,16,17);5H,1-4H2. The predicted octanol–water partition coefficient (Wildman–Crippen LogP) is 1.86. The maximum Gasteiger partial charge on any atom is 0.209 e. The lowest BCUT2D eigenvalue weighted by Crippen LogP contribution is -2.43. The van der Waals surface area contributed by atoms with Crippen molar-refractivity contribution in [2.75, 3.05) is 44.2 Å². The molecule has 134 valence electrons. The summed E-state index contributed by atoms with van der Waals surface area (Å²) in [6, 6.07) is 5.36. The van der Waals surface area contributed by atoms with Gasteiger partial charge in [0.25, 0.3) is 0 Å². The van der Waals surface area contributed by atoms with Gasteiger partial charge in [-0.15, -0.1) is 0 Å². The van der Waals surface area contributed by atoms with Crippen molar-refractivity contribution in [2.45, 2.75) is 12.8 Å². The van der Waals surface area contributed by atoms with Gasteiger partial charge < -0.3 is 15.1 Å². The largest absolute Gasteiger partial charge is 0.367 e. The lowest BCUT2D eigenvalue weighted by Gasteiger charge is -2.29. The second kappa shape index (κ2) is 8.62. The summed E-state index contributed by atoms with van der Waals surface area (Å²) >= 11 is 0. The summed E-state index contributed by atoms with van der Waals surface area (Å²) in [5, 5.41) is 9.87. The molecule has 3 heterocycles. The quantitative estimate of drug-likeness (QED) is 0.834. The van der Waals surface area contributed by atoms with Gasteiger partial charge in [-0.1, -0.05) is 6.07 Å². The molecule has 1 amide bonds. The number of hydrogen-bond acceptors (Lipinski definition) is 4. The lowest BCUT2D eigenvalue weighted by atomic mass is 10.1. The summed E-state index contributed by atoms with van der Waals surface area (Å²) in [6.07, 6.45) is 6.77. The number of nitrogens with one attached hydrogen (secondary N) is 2. The molecule has 0 bridgehead atoms. The highest BCUT2D eigenvalue weighted by Gasteiger charge is 2.15. The summed E-state index contributed by atoms with van der Waals surface area (Å²) in [6.45, 7) is 5.46. The molecule has 0 atom stereocenters. The number of piperazine rings is 1. The van der Waals surface area contributed by atoms with Gasteiger partial charge in [-0.25, -0.2) is 4.39 Å². The molecule has 7 heteroatoms. The SMILES string of the molecule is Fc1cc(-c2cn[nH]c2)ccc1N1CCNCC1.O=CN1CCCC1. The Morgan fingerprint density at radius 3 is 2.40 bits per heavy atom. The van der Waals surface area contributed by atoms with Gasteiger partial charge in [0.1, 0.15) is 5.82 Å². The maximum atomic E-state index is 14.1. The smallest absolute Gasteiger partial charge is 0.209 e. The number of nitrogens with zero attached hydrogens (tertiary/aromatic N) is 3. The first-order chi connectivity index (χ1) is 12.3. The fourth-order valence-corrected chi connectivity index (χ4v) is 3.10. The first kappa shape index (κ1) is 17.4. The van der Waals surface area contributed by atoms with E-state index in [1.165, 1.54) is 12.8 Å². The van der Waals surface area contributed by atoms with E-state index < -0.39 is 0 Å². The normalized spacial score (nSPS) is 17.2. The van der Waals surface area contributed by atoms with E-state index >= 15 is 0 Å². The van der Waals surface area contributed by atoms with Crippen molar-refractivity contribution in [3.63, 3.8) is 0 Å². The lowest BCUT2D eigenvalue weighted by molar-refractivity contribution is -0.117. The minimum atomic E-state index is -0.171. The van der Waals surface area contributed by atoms with Gasteiger partial charge in [0.2, 0.25) is 6.41 Å². The molecule has 1 aromatic carbocycles. The number of halogens is 1. The highest BCUT2D eigenvalue weighted by Crippen LogP contribution is 2.26. The van der Waals surface area contributed by atoms with Crippen LogP contribution in [0.25, 0.3) is 11.1 Å². The summed E-state index contributed by atoms with van der Waals surface area (Å²) in [5.74, 6) is -0.171. The zero-order valence-corrected chi connectivity index (χ0v) is 14.2. The van der Waals surface area contributed by atoms with Gasteiger partial charge in [0.05, 0.1) is 11.9 Å². The number of carbonyl (C=O) groups is 1. The van der Waals surface area contributed by atoms with Gasteiger partial charge in [-0.05, 0) is 30.5 Å². The molecule has 2 aliphatic heterocycles. The third-order valence-corrected chi connectivity index (χ3v) is 4.53. The van der Waals surface area contributed by atoms with Crippen molar-refractivity contribution in [3.8, 4) is 11.1 Å². The second-order valence-electron chi connectivity index (χ2n) is 6.24. The number of rotatable bonds is 3. The maximum absolute atomic E-state index is 14.1. The average molecular weight is 345 g/mol. The molecular weight excluding hydrogens is 321 g/mol. The van der Waals surface area contributed by atoms with E-state index in [1.54, 1.807) is 23.4 Å².